The molecule has 0 bridgehead atoms. The first-order valence-electron chi connectivity index (χ1n) is 16.7. The summed E-state index contributed by atoms with van der Waals surface area (Å²) in [6.07, 6.45) is 0.666. The Kier molecular flexibility index (Phi) is 16.6. The first kappa shape index (κ1) is 43.2. The first-order chi connectivity index (χ1) is 25.2. The Morgan fingerprint density at radius 2 is 1.62 bits per heavy atom. The maximum atomic E-state index is 12.2. The number of hydrogen-bond donors (Lipinski definition) is 5. The van der Waals surface area contributed by atoms with Gasteiger partial charge < -0.3 is 58.0 Å². The molecular weight excluding hydrogens is 760 g/mol. The largest absolute Gasteiger partial charge is 0.387 e. The van der Waals surface area contributed by atoms with Crippen LogP contribution in [-0.2, 0) is 43.9 Å². The second-order valence-corrected chi connectivity index (χ2v) is 16.6. The highest BCUT2D eigenvalue weighted by Gasteiger charge is 2.46. The second kappa shape index (κ2) is 20.4. The molecule has 3 aromatic rings. The lowest BCUT2D eigenvalue weighted by Gasteiger charge is -2.26. The second-order valence-electron chi connectivity index (χ2n) is 12.3. The molecule has 1 saturated heterocycles. The van der Waals surface area contributed by atoms with Crippen LogP contribution in [0.3, 0.4) is 0 Å². The quantitative estimate of drug-likeness (QED) is 0.0400. The highest BCUT2D eigenvalue weighted by atomic mass is 35.5. The summed E-state index contributed by atoms with van der Waals surface area (Å²) in [5.41, 5.74) is 2.35. The number of nitrogens with zero attached hydrogens (tertiary/aromatic N) is 5. The molecule has 1 aromatic carbocycles. The Bertz CT molecular complexity index is 1760. The third kappa shape index (κ3) is 13.0. The molecule has 0 amide bonds. The Labute approximate surface area is 312 Å². The summed E-state index contributed by atoms with van der Waals surface area (Å²) in [6.45, 7) is 7.08. The van der Waals surface area contributed by atoms with E-state index in [1.807, 2.05) is 23.1 Å². The van der Waals surface area contributed by atoms with Crippen molar-refractivity contribution in [1.82, 2.24) is 19.7 Å². The van der Waals surface area contributed by atoms with Crippen molar-refractivity contribution in [3.63, 3.8) is 0 Å². The van der Waals surface area contributed by atoms with Crippen molar-refractivity contribution >= 4 is 43.6 Å². The van der Waals surface area contributed by atoms with Crippen LogP contribution < -0.4 is 4.90 Å². The Hall–Kier alpha value is -2.56. The van der Waals surface area contributed by atoms with Gasteiger partial charge in [0.2, 0.25) is 5.28 Å². The van der Waals surface area contributed by atoms with Crippen LogP contribution in [0.5, 0.6) is 0 Å². The highest BCUT2D eigenvalue weighted by Crippen LogP contribution is 2.55. The van der Waals surface area contributed by atoms with E-state index in [0.717, 1.165) is 11.1 Å². The summed E-state index contributed by atoms with van der Waals surface area (Å²) in [4.78, 5) is 38.8. The SMILES string of the molecule is C#CCOCCOCCOCCOCCN(Cc1ccccc1C(C)C)c1nc(Cl)nc2c1cnn2[C@@H]1O[C@H](COP(=O)(O)CP(=O)(O)O)[C@@H](O)[C@H]1O. The van der Waals surface area contributed by atoms with Gasteiger partial charge >= 0.3 is 15.2 Å². The van der Waals surface area contributed by atoms with E-state index in [0.29, 0.717) is 70.5 Å². The van der Waals surface area contributed by atoms with E-state index in [1.54, 1.807) is 0 Å². The smallest absolute Gasteiger partial charge is 0.340 e. The topological polar surface area (TPSA) is 238 Å². The number of rotatable bonds is 23. The fourth-order valence-corrected chi connectivity index (χ4v) is 8.25. The maximum Gasteiger partial charge on any atom is 0.340 e. The van der Waals surface area contributed by atoms with Crippen LogP contribution in [0.4, 0.5) is 5.82 Å². The molecule has 21 heteroatoms. The van der Waals surface area contributed by atoms with Crippen molar-refractivity contribution < 1.29 is 62.2 Å². The van der Waals surface area contributed by atoms with Gasteiger partial charge in [-0.15, -0.1) is 6.42 Å². The number of anilines is 1. The summed E-state index contributed by atoms with van der Waals surface area (Å²) in [5.74, 6) is 1.62. The van der Waals surface area contributed by atoms with Crippen LogP contribution in [0.1, 0.15) is 37.1 Å². The minimum atomic E-state index is -4.88. The van der Waals surface area contributed by atoms with Gasteiger partial charge in [-0.2, -0.15) is 15.1 Å². The average molecular weight is 806 g/mol. The van der Waals surface area contributed by atoms with E-state index in [-0.39, 0.29) is 23.5 Å². The number of ether oxygens (including phenoxy) is 5. The fraction of sp³-hybridized carbons (Fsp3) is 0.594. The number of aliphatic hydroxyl groups excluding tert-OH is 2. The summed E-state index contributed by atoms with van der Waals surface area (Å²) in [7, 11) is -9.64. The molecule has 5 N–H and O–H groups in total. The predicted octanol–water partition coefficient (Wildman–Crippen LogP) is 2.27. The van der Waals surface area contributed by atoms with Crippen LogP contribution in [-0.4, -0.2) is 135 Å². The molecule has 1 unspecified atom stereocenters. The van der Waals surface area contributed by atoms with Gasteiger partial charge in [0.15, 0.2) is 17.8 Å². The molecule has 294 valence electrons. The van der Waals surface area contributed by atoms with Crippen LogP contribution in [0.25, 0.3) is 11.0 Å². The average Bonchev–Trinajstić information content (AvgIpc) is 3.63. The lowest BCUT2D eigenvalue weighted by molar-refractivity contribution is -0.0541. The zero-order chi connectivity index (χ0) is 38.6. The molecule has 1 fully saturated rings. The molecule has 0 radical (unpaired) electrons. The molecule has 1 aliphatic heterocycles. The zero-order valence-corrected chi connectivity index (χ0v) is 31.9. The molecule has 53 heavy (non-hydrogen) atoms. The molecular formula is C32H46ClN5O13P2. The van der Waals surface area contributed by atoms with Gasteiger partial charge in [-0.1, -0.05) is 44.0 Å². The first-order valence-corrected chi connectivity index (χ1v) is 20.6. The minimum absolute atomic E-state index is 0.137. The highest BCUT2D eigenvalue weighted by molar-refractivity contribution is 7.70. The molecule has 0 aliphatic carbocycles. The summed E-state index contributed by atoms with van der Waals surface area (Å²) < 4.78 is 57.2. The predicted molar refractivity (Wildman–Crippen MR) is 193 cm³/mol. The maximum absolute atomic E-state index is 12.2. The van der Waals surface area contributed by atoms with Crippen molar-refractivity contribution in [3.05, 3.63) is 46.9 Å². The third-order valence-electron chi connectivity index (χ3n) is 7.93. The minimum Gasteiger partial charge on any atom is -0.387 e. The van der Waals surface area contributed by atoms with E-state index in [2.05, 4.69) is 40.9 Å². The van der Waals surface area contributed by atoms with Crippen LogP contribution in [0, 0.1) is 12.3 Å². The summed E-state index contributed by atoms with van der Waals surface area (Å²) in [6, 6.07) is 8.02. The van der Waals surface area contributed by atoms with E-state index >= 15 is 0 Å². The number of aliphatic hydroxyl groups is 2. The third-order valence-corrected chi connectivity index (χ3v) is 11.6. The molecule has 2 aromatic heterocycles. The molecule has 4 rings (SSSR count). The summed E-state index contributed by atoms with van der Waals surface area (Å²) in [5, 5.41) is 26.3. The van der Waals surface area contributed by atoms with Crippen LogP contribution >= 0.6 is 26.8 Å². The summed E-state index contributed by atoms with van der Waals surface area (Å²) >= 11 is 6.46. The van der Waals surface area contributed by atoms with Gasteiger partial charge in [0.1, 0.15) is 30.7 Å². The van der Waals surface area contributed by atoms with E-state index in [1.165, 1.54) is 10.9 Å². The molecule has 18 nitrogen and oxygen atoms in total. The lowest BCUT2D eigenvalue weighted by atomic mass is 9.97. The fourth-order valence-electron chi connectivity index (χ4n) is 5.52. The van der Waals surface area contributed by atoms with Crippen LogP contribution in [0.15, 0.2) is 30.5 Å². The zero-order valence-electron chi connectivity index (χ0n) is 29.3. The number of hydrogen-bond acceptors (Lipinski definition) is 14. The van der Waals surface area contributed by atoms with Gasteiger partial charge in [-0.25, -0.2) is 4.68 Å². The van der Waals surface area contributed by atoms with Gasteiger partial charge in [0.25, 0.3) is 0 Å². The van der Waals surface area contributed by atoms with Gasteiger partial charge in [-0.05, 0) is 28.6 Å². The Morgan fingerprint density at radius 3 is 2.26 bits per heavy atom. The van der Waals surface area contributed by atoms with E-state index in [4.69, 9.17) is 56.0 Å². The van der Waals surface area contributed by atoms with Crippen LogP contribution in [0.2, 0.25) is 5.28 Å². The number of benzene rings is 1. The molecule has 5 atom stereocenters. The van der Waals surface area contributed by atoms with Crippen molar-refractivity contribution in [3.8, 4) is 12.3 Å². The van der Waals surface area contributed by atoms with Crippen molar-refractivity contribution in [2.75, 3.05) is 76.8 Å². The lowest BCUT2D eigenvalue weighted by Crippen LogP contribution is -2.33. The number of terminal acetylenes is 1. The van der Waals surface area contributed by atoms with E-state index < -0.39 is 52.2 Å². The molecule has 0 spiro atoms. The normalized spacial score (nSPS) is 20.2. The van der Waals surface area contributed by atoms with Gasteiger partial charge in [0, 0.05) is 13.1 Å². The van der Waals surface area contributed by atoms with Crippen molar-refractivity contribution in [1.29, 1.82) is 0 Å². The van der Waals surface area contributed by atoms with Gasteiger partial charge in [0.05, 0.1) is 64.4 Å². The number of aromatic nitrogens is 4. The van der Waals surface area contributed by atoms with Crippen molar-refractivity contribution in [2.45, 2.75) is 50.8 Å². The molecule has 1 aliphatic rings. The van der Waals surface area contributed by atoms with Crippen molar-refractivity contribution in [2.24, 2.45) is 0 Å². The Morgan fingerprint density at radius 1 is 0.981 bits per heavy atom. The number of halogens is 1. The van der Waals surface area contributed by atoms with E-state index in [9.17, 15) is 24.2 Å². The number of fused-ring (bicyclic) bond motifs is 1. The van der Waals surface area contributed by atoms with Gasteiger partial charge in [-0.3, -0.25) is 9.13 Å². The molecule has 3 heterocycles. The Balaban J connectivity index is 1.47. The monoisotopic (exact) mass is 805 g/mol. The standard InChI is InChI=1S/C32H46ClN5O13P2/c1-4-10-46-12-14-48-16-17-49-15-13-47-11-9-37(19-23-7-5-6-8-24(23)22(2)3)29-25-18-34-38(30(25)36-32(33)35-29)31-28(40)27(39)26(51-31)20-50-53(44,45)21-52(41,42)43/h1,5-8,18,22,26-28,31,39-40H,9-17,19-21H2,2-3H3,(H,44,45)(H2,41,42,43)/t26-,27-,28-,31-/m1/s1. The molecule has 0 saturated carbocycles.